The van der Waals surface area contributed by atoms with Gasteiger partial charge in [-0.15, -0.1) is 0 Å². The highest BCUT2D eigenvalue weighted by molar-refractivity contribution is 9.11. The normalized spacial score (nSPS) is 16.3. The Morgan fingerprint density at radius 1 is 1.45 bits per heavy atom. The Labute approximate surface area is 77.7 Å². The van der Waals surface area contributed by atoms with Gasteiger partial charge in [0.2, 0.25) is 0 Å². The van der Waals surface area contributed by atoms with Crippen molar-refractivity contribution in [1.82, 2.24) is 4.98 Å². The van der Waals surface area contributed by atoms with E-state index in [1.807, 2.05) is 6.20 Å². The van der Waals surface area contributed by atoms with Gasteiger partial charge < -0.3 is 4.90 Å². The van der Waals surface area contributed by atoms with Crippen LogP contribution in [-0.4, -0.2) is 18.1 Å². The van der Waals surface area contributed by atoms with Crippen molar-refractivity contribution in [2.45, 2.75) is 0 Å². The van der Waals surface area contributed by atoms with E-state index in [1.54, 1.807) is 11.3 Å². The highest BCUT2D eigenvalue weighted by Crippen LogP contribution is 2.27. The third kappa shape index (κ3) is 1.46. The third-order valence-electron chi connectivity index (χ3n) is 1.55. The third-order valence-corrected chi connectivity index (χ3v) is 3.09. The van der Waals surface area contributed by atoms with E-state index >= 15 is 0 Å². The molecule has 1 aromatic rings. The monoisotopic (exact) mass is 230 g/mol. The second-order valence-corrected chi connectivity index (χ2v) is 4.71. The van der Waals surface area contributed by atoms with Crippen molar-refractivity contribution in [3.05, 3.63) is 22.1 Å². The van der Waals surface area contributed by atoms with Crippen molar-refractivity contribution in [3.8, 4) is 0 Å². The fourth-order valence-corrected chi connectivity index (χ4v) is 2.23. The Hall–Kier alpha value is -0.350. The lowest BCUT2D eigenvalue weighted by Crippen LogP contribution is -2.17. The molecule has 2 heterocycles. The van der Waals surface area contributed by atoms with Crippen LogP contribution >= 0.6 is 27.3 Å². The fraction of sp³-hybridized carbons (Fsp3) is 0.286. The van der Waals surface area contributed by atoms with Gasteiger partial charge in [-0.1, -0.05) is 23.5 Å². The topological polar surface area (TPSA) is 16.1 Å². The Morgan fingerprint density at radius 3 is 2.73 bits per heavy atom. The van der Waals surface area contributed by atoms with Crippen molar-refractivity contribution in [2.24, 2.45) is 0 Å². The van der Waals surface area contributed by atoms with Gasteiger partial charge in [-0.3, -0.25) is 0 Å². The molecule has 0 bridgehead atoms. The first-order valence-electron chi connectivity index (χ1n) is 3.37. The summed E-state index contributed by atoms with van der Waals surface area (Å²) in [7, 11) is 0. The van der Waals surface area contributed by atoms with Crippen LogP contribution in [0.15, 0.2) is 22.1 Å². The van der Waals surface area contributed by atoms with Gasteiger partial charge in [0.1, 0.15) is 0 Å². The molecule has 0 amide bonds. The average molecular weight is 231 g/mol. The van der Waals surface area contributed by atoms with Gasteiger partial charge in [-0.2, -0.15) is 0 Å². The van der Waals surface area contributed by atoms with Crippen LogP contribution in [0.3, 0.4) is 0 Å². The molecular weight excluding hydrogens is 224 g/mol. The van der Waals surface area contributed by atoms with Crippen LogP contribution in [0.4, 0.5) is 5.13 Å². The summed E-state index contributed by atoms with van der Waals surface area (Å²) in [5.74, 6) is 0. The van der Waals surface area contributed by atoms with Crippen LogP contribution in [0.2, 0.25) is 0 Å². The van der Waals surface area contributed by atoms with Crippen LogP contribution in [0, 0.1) is 0 Å². The number of halogens is 1. The minimum absolute atomic E-state index is 1.000. The zero-order chi connectivity index (χ0) is 7.68. The number of aromatic nitrogens is 1. The van der Waals surface area contributed by atoms with Crippen molar-refractivity contribution in [3.63, 3.8) is 0 Å². The van der Waals surface area contributed by atoms with Gasteiger partial charge >= 0.3 is 0 Å². The fourth-order valence-electron chi connectivity index (χ4n) is 1.03. The molecule has 0 radical (unpaired) electrons. The number of hydrogen-bond acceptors (Lipinski definition) is 3. The molecular formula is C7H7BrN2S. The Bertz CT molecular complexity index is 274. The molecule has 1 aliphatic heterocycles. The highest BCUT2D eigenvalue weighted by atomic mass is 79.9. The largest absolute Gasteiger partial charge is 0.341 e. The molecule has 0 aromatic carbocycles. The summed E-state index contributed by atoms with van der Waals surface area (Å²) in [5.41, 5.74) is 0. The highest BCUT2D eigenvalue weighted by Gasteiger charge is 2.10. The van der Waals surface area contributed by atoms with Gasteiger partial charge in [0, 0.05) is 13.1 Å². The van der Waals surface area contributed by atoms with E-state index in [-0.39, 0.29) is 0 Å². The van der Waals surface area contributed by atoms with E-state index in [1.165, 1.54) is 0 Å². The molecule has 0 unspecified atom stereocenters. The molecule has 0 fully saturated rings. The first-order chi connectivity index (χ1) is 5.36. The molecule has 0 atom stereocenters. The molecule has 4 heteroatoms. The van der Waals surface area contributed by atoms with E-state index in [4.69, 9.17) is 0 Å². The van der Waals surface area contributed by atoms with Crippen molar-refractivity contribution >= 4 is 32.4 Å². The van der Waals surface area contributed by atoms with E-state index in [0.29, 0.717) is 0 Å². The standard InChI is InChI=1S/C7H7BrN2S/c8-6-5-9-7(11-6)10-3-1-2-4-10/h1-2,5H,3-4H2. The SMILES string of the molecule is Brc1cnc(N2CC=CC2)s1. The summed E-state index contributed by atoms with van der Waals surface area (Å²) < 4.78 is 1.10. The van der Waals surface area contributed by atoms with Crippen LogP contribution < -0.4 is 4.90 Å². The Kier molecular flexibility index (Phi) is 1.96. The Balaban J connectivity index is 2.17. The van der Waals surface area contributed by atoms with Crippen molar-refractivity contribution < 1.29 is 0 Å². The molecule has 0 saturated carbocycles. The molecule has 2 nitrogen and oxygen atoms in total. The number of anilines is 1. The summed E-state index contributed by atoms with van der Waals surface area (Å²) in [6.07, 6.45) is 6.17. The lowest BCUT2D eigenvalue weighted by atomic mass is 10.6. The number of rotatable bonds is 1. The predicted molar refractivity (Wildman–Crippen MR) is 51.2 cm³/mol. The van der Waals surface area contributed by atoms with Gasteiger partial charge in [-0.05, 0) is 15.9 Å². The first-order valence-corrected chi connectivity index (χ1v) is 4.98. The lowest BCUT2D eigenvalue weighted by molar-refractivity contribution is 0.993. The maximum Gasteiger partial charge on any atom is 0.186 e. The number of nitrogens with zero attached hydrogens (tertiary/aromatic N) is 2. The second kappa shape index (κ2) is 2.95. The van der Waals surface area contributed by atoms with E-state index in [2.05, 4.69) is 38.0 Å². The molecule has 0 saturated heterocycles. The molecule has 58 valence electrons. The smallest absolute Gasteiger partial charge is 0.186 e. The molecule has 0 spiro atoms. The minimum Gasteiger partial charge on any atom is -0.341 e. The molecule has 0 aliphatic carbocycles. The summed E-state index contributed by atoms with van der Waals surface area (Å²) in [6.45, 7) is 2.00. The van der Waals surface area contributed by atoms with Gasteiger partial charge in [0.25, 0.3) is 0 Å². The van der Waals surface area contributed by atoms with E-state index in [9.17, 15) is 0 Å². The first kappa shape index (κ1) is 7.31. The summed E-state index contributed by atoms with van der Waals surface area (Å²) >= 11 is 5.06. The quantitative estimate of drug-likeness (QED) is 0.689. The van der Waals surface area contributed by atoms with E-state index in [0.717, 1.165) is 22.0 Å². The van der Waals surface area contributed by atoms with Gasteiger partial charge in [-0.25, -0.2) is 4.98 Å². The van der Waals surface area contributed by atoms with E-state index < -0.39 is 0 Å². The average Bonchev–Trinajstić information content (AvgIpc) is 2.55. The van der Waals surface area contributed by atoms with Crippen molar-refractivity contribution in [2.75, 3.05) is 18.0 Å². The lowest BCUT2D eigenvalue weighted by Gasteiger charge is -2.11. The summed E-state index contributed by atoms with van der Waals surface area (Å²) in [4.78, 5) is 6.49. The maximum atomic E-state index is 4.26. The summed E-state index contributed by atoms with van der Waals surface area (Å²) in [6, 6.07) is 0. The predicted octanol–water partition coefficient (Wildman–Crippen LogP) is 2.28. The zero-order valence-corrected chi connectivity index (χ0v) is 8.23. The van der Waals surface area contributed by atoms with Crippen LogP contribution in [0.5, 0.6) is 0 Å². The molecule has 1 aliphatic rings. The number of thiazole rings is 1. The van der Waals surface area contributed by atoms with Crippen molar-refractivity contribution in [1.29, 1.82) is 0 Å². The molecule has 0 N–H and O–H groups in total. The number of hydrogen-bond donors (Lipinski definition) is 0. The minimum atomic E-state index is 1.000. The summed E-state index contributed by atoms with van der Waals surface area (Å²) in [5, 5.41) is 1.10. The van der Waals surface area contributed by atoms with Crippen LogP contribution in [-0.2, 0) is 0 Å². The van der Waals surface area contributed by atoms with Crippen LogP contribution in [0.1, 0.15) is 0 Å². The van der Waals surface area contributed by atoms with Crippen LogP contribution in [0.25, 0.3) is 0 Å². The van der Waals surface area contributed by atoms with Gasteiger partial charge in [0.05, 0.1) is 9.98 Å². The molecule has 2 rings (SSSR count). The molecule has 11 heavy (non-hydrogen) atoms. The molecule has 1 aromatic heterocycles. The second-order valence-electron chi connectivity index (χ2n) is 2.32. The zero-order valence-electron chi connectivity index (χ0n) is 5.83. The maximum absolute atomic E-state index is 4.26. The van der Waals surface area contributed by atoms with Gasteiger partial charge in [0.15, 0.2) is 5.13 Å². The Morgan fingerprint density at radius 2 is 2.18 bits per heavy atom.